The first kappa shape index (κ1) is 13.3. The first-order chi connectivity index (χ1) is 9.28. The lowest BCUT2D eigenvalue weighted by molar-refractivity contribution is 0.951. The van der Waals surface area contributed by atoms with Crippen LogP contribution in [0.3, 0.4) is 0 Å². The van der Waals surface area contributed by atoms with E-state index in [9.17, 15) is 0 Å². The number of pyridine rings is 1. The molecule has 5 nitrogen and oxygen atoms in total. The molecule has 2 aromatic heterocycles. The first-order valence-electron chi connectivity index (χ1n) is 6.50. The molecule has 2 rings (SSSR count). The van der Waals surface area contributed by atoms with E-state index in [2.05, 4.69) is 32.5 Å². The number of aryl methyl sites for hydroxylation is 1. The maximum Gasteiger partial charge on any atom is 0.132 e. The molecule has 0 fully saturated rings. The molecule has 0 bridgehead atoms. The summed E-state index contributed by atoms with van der Waals surface area (Å²) in [7, 11) is 0. The summed E-state index contributed by atoms with van der Waals surface area (Å²) in [6.07, 6.45) is 4.65. The van der Waals surface area contributed by atoms with E-state index in [0.717, 1.165) is 37.0 Å². The predicted molar refractivity (Wildman–Crippen MR) is 77.1 cm³/mol. The van der Waals surface area contributed by atoms with Crippen molar-refractivity contribution in [1.82, 2.24) is 15.0 Å². The molecule has 0 aliphatic rings. The summed E-state index contributed by atoms with van der Waals surface area (Å²) in [5.74, 6) is 2.47. The Bertz CT molecular complexity index is 512. The van der Waals surface area contributed by atoms with E-state index in [1.165, 1.54) is 5.56 Å². The van der Waals surface area contributed by atoms with Crippen LogP contribution in [0.5, 0.6) is 0 Å². The zero-order chi connectivity index (χ0) is 13.5. The van der Waals surface area contributed by atoms with E-state index >= 15 is 0 Å². The Labute approximate surface area is 113 Å². The van der Waals surface area contributed by atoms with Gasteiger partial charge in [0.1, 0.15) is 17.5 Å². The highest BCUT2D eigenvalue weighted by molar-refractivity contribution is 5.47. The molecule has 0 aromatic carbocycles. The van der Waals surface area contributed by atoms with Crippen LogP contribution in [-0.2, 0) is 6.54 Å². The Kier molecular flexibility index (Phi) is 4.66. The van der Waals surface area contributed by atoms with Crippen molar-refractivity contribution in [1.29, 1.82) is 0 Å². The first-order valence-corrected chi connectivity index (χ1v) is 6.50. The highest BCUT2D eigenvalue weighted by Gasteiger charge is 2.01. The third-order valence-electron chi connectivity index (χ3n) is 2.62. The smallest absolute Gasteiger partial charge is 0.132 e. The van der Waals surface area contributed by atoms with Crippen molar-refractivity contribution in [2.75, 3.05) is 17.2 Å². The molecular weight excluding hydrogens is 238 g/mol. The molecule has 0 atom stereocenters. The van der Waals surface area contributed by atoms with Crippen LogP contribution in [0.4, 0.5) is 11.6 Å². The molecule has 19 heavy (non-hydrogen) atoms. The van der Waals surface area contributed by atoms with Crippen LogP contribution in [-0.4, -0.2) is 21.5 Å². The molecule has 0 saturated heterocycles. The summed E-state index contributed by atoms with van der Waals surface area (Å²) in [6.45, 7) is 5.67. The van der Waals surface area contributed by atoms with Crippen LogP contribution in [0.25, 0.3) is 0 Å². The second kappa shape index (κ2) is 6.68. The molecule has 0 aliphatic carbocycles. The lowest BCUT2D eigenvalue weighted by atomic mass is 10.3. The van der Waals surface area contributed by atoms with Gasteiger partial charge in [0.15, 0.2) is 0 Å². The van der Waals surface area contributed by atoms with Crippen molar-refractivity contribution in [3.8, 4) is 0 Å². The van der Waals surface area contributed by atoms with Crippen LogP contribution < -0.4 is 10.6 Å². The van der Waals surface area contributed by atoms with Gasteiger partial charge in [0.25, 0.3) is 0 Å². The van der Waals surface area contributed by atoms with Crippen molar-refractivity contribution >= 4 is 11.6 Å². The van der Waals surface area contributed by atoms with Crippen molar-refractivity contribution in [3.63, 3.8) is 0 Å². The second-order valence-corrected chi connectivity index (χ2v) is 4.32. The zero-order valence-electron chi connectivity index (χ0n) is 11.3. The molecule has 2 heterocycles. The van der Waals surface area contributed by atoms with E-state index in [0.29, 0.717) is 0 Å². The van der Waals surface area contributed by atoms with Gasteiger partial charge in [-0.1, -0.05) is 6.92 Å². The third kappa shape index (κ3) is 4.21. The molecule has 0 amide bonds. The SMILES string of the molecule is CCCNc1cc(NCc2ccncc2)nc(C)n1. The molecule has 2 aromatic rings. The van der Waals surface area contributed by atoms with Crippen LogP contribution in [0.1, 0.15) is 24.7 Å². The Morgan fingerprint density at radius 3 is 2.42 bits per heavy atom. The van der Waals surface area contributed by atoms with Gasteiger partial charge in [-0.05, 0) is 31.0 Å². The minimum Gasteiger partial charge on any atom is -0.370 e. The molecule has 5 heteroatoms. The highest BCUT2D eigenvalue weighted by Crippen LogP contribution is 2.12. The van der Waals surface area contributed by atoms with Crippen LogP contribution >= 0.6 is 0 Å². The summed E-state index contributed by atoms with van der Waals surface area (Å²) in [6, 6.07) is 5.90. The molecular formula is C14H19N5. The Morgan fingerprint density at radius 2 is 1.74 bits per heavy atom. The van der Waals surface area contributed by atoms with E-state index < -0.39 is 0 Å². The van der Waals surface area contributed by atoms with E-state index in [1.54, 1.807) is 12.4 Å². The fourth-order valence-electron chi connectivity index (χ4n) is 1.70. The Morgan fingerprint density at radius 1 is 1.05 bits per heavy atom. The maximum atomic E-state index is 4.38. The molecule has 0 saturated carbocycles. The molecule has 0 radical (unpaired) electrons. The highest BCUT2D eigenvalue weighted by atomic mass is 15.1. The predicted octanol–water partition coefficient (Wildman–Crippen LogP) is 2.61. The van der Waals surface area contributed by atoms with Gasteiger partial charge in [-0.3, -0.25) is 4.98 Å². The van der Waals surface area contributed by atoms with E-state index in [-0.39, 0.29) is 0 Å². The minimum absolute atomic E-state index is 0.728. The lowest BCUT2D eigenvalue weighted by Gasteiger charge is -2.09. The second-order valence-electron chi connectivity index (χ2n) is 4.32. The molecule has 100 valence electrons. The van der Waals surface area contributed by atoms with Gasteiger partial charge >= 0.3 is 0 Å². The maximum absolute atomic E-state index is 4.38. The standard InChI is InChI=1S/C14H19N5/c1-3-6-16-13-9-14(19-11(2)18-13)17-10-12-4-7-15-8-5-12/h4-5,7-9H,3,6,10H2,1-2H3,(H2,16,17,18,19). The summed E-state index contributed by atoms with van der Waals surface area (Å²) in [4.78, 5) is 12.7. The number of nitrogens with zero attached hydrogens (tertiary/aromatic N) is 3. The molecule has 0 spiro atoms. The van der Waals surface area contributed by atoms with Gasteiger partial charge in [0.2, 0.25) is 0 Å². The number of hydrogen-bond donors (Lipinski definition) is 2. The Hall–Kier alpha value is -2.17. The van der Waals surface area contributed by atoms with Gasteiger partial charge in [-0.15, -0.1) is 0 Å². The Balaban J connectivity index is 2.01. The zero-order valence-corrected chi connectivity index (χ0v) is 11.3. The van der Waals surface area contributed by atoms with Crippen LogP contribution in [0.2, 0.25) is 0 Å². The van der Waals surface area contributed by atoms with Crippen molar-refractivity contribution in [2.45, 2.75) is 26.8 Å². The van der Waals surface area contributed by atoms with Crippen LogP contribution in [0.15, 0.2) is 30.6 Å². The van der Waals surface area contributed by atoms with Crippen molar-refractivity contribution < 1.29 is 0 Å². The monoisotopic (exact) mass is 257 g/mol. The number of aromatic nitrogens is 3. The minimum atomic E-state index is 0.728. The normalized spacial score (nSPS) is 10.2. The van der Waals surface area contributed by atoms with Crippen molar-refractivity contribution in [2.24, 2.45) is 0 Å². The van der Waals surface area contributed by atoms with Crippen molar-refractivity contribution in [3.05, 3.63) is 42.0 Å². The topological polar surface area (TPSA) is 62.7 Å². The fourth-order valence-corrected chi connectivity index (χ4v) is 1.70. The van der Waals surface area contributed by atoms with E-state index in [1.807, 2.05) is 25.1 Å². The van der Waals surface area contributed by atoms with E-state index in [4.69, 9.17) is 0 Å². The van der Waals surface area contributed by atoms with Gasteiger partial charge in [-0.25, -0.2) is 9.97 Å². The number of anilines is 2. The van der Waals surface area contributed by atoms with Gasteiger partial charge in [0.05, 0.1) is 0 Å². The van der Waals surface area contributed by atoms with Crippen LogP contribution in [0, 0.1) is 6.92 Å². The molecule has 0 aliphatic heterocycles. The lowest BCUT2D eigenvalue weighted by Crippen LogP contribution is -2.07. The van der Waals surface area contributed by atoms with Gasteiger partial charge in [0, 0.05) is 31.5 Å². The molecule has 0 unspecified atom stereocenters. The quantitative estimate of drug-likeness (QED) is 0.833. The summed E-state index contributed by atoms with van der Waals surface area (Å²) >= 11 is 0. The average molecular weight is 257 g/mol. The average Bonchev–Trinajstić information content (AvgIpc) is 2.43. The largest absolute Gasteiger partial charge is 0.370 e. The summed E-state index contributed by atoms with van der Waals surface area (Å²) < 4.78 is 0. The fraction of sp³-hybridized carbons (Fsp3) is 0.357. The number of rotatable bonds is 6. The number of hydrogen-bond acceptors (Lipinski definition) is 5. The summed E-state index contributed by atoms with van der Waals surface area (Å²) in [5, 5.41) is 6.57. The van der Waals surface area contributed by atoms with Gasteiger partial charge < -0.3 is 10.6 Å². The summed E-state index contributed by atoms with van der Waals surface area (Å²) in [5.41, 5.74) is 1.18. The third-order valence-corrected chi connectivity index (χ3v) is 2.62. The van der Waals surface area contributed by atoms with Gasteiger partial charge in [-0.2, -0.15) is 0 Å². The number of nitrogens with one attached hydrogen (secondary N) is 2. The molecule has 2 N–H and O–H groups in total.